The Morgan fingerprint density at radius 3 is 2.33 bits per heavy atom. The molecule has 18 heavy (non-hydrogen) atoms. The number of hydrogen-bond donors (Lipinski definition) is 2. The van der Waals surface area contributed by atoms with Gasteiger partial charge in [-0.25, -0.2) is 0 Å². The second kappa shape index (κ2) is 9.66. The standard InChI is InChI=1S/C11H16N2O.C4H10/c1-8-9(10(12)7-13-2)5-4-6-11(8)14-3;1-3-4-2/h4-6,12-13H,7H2,1-3H3;3-4H2,1-2H3. The maximum atomic E-state index is 7.82. The van der Waals surface area contributed by atoms with Crippen molar-refractivity contribution in [1.82, 2.24) is 5.32 Å². The molecule has 2 N–H and O–H groups in total. The third kappa shape index (κ3) is 5.32. The quantitative estimate of drug-likeness (QED) is 0.787. The molecule has 0 unspecified atom stereocenters. The molecular formula is C15H26N2O. The Kier molecular flexibility index (Phi) is 8.93. The summed E-state index contributed by atoms with van der Waals surface area (Å²) in [5, 5.41) is 10.8. The molecule has 0 spiro atoms. The molecular weight excluding hydrogens is 224 g/mol. The molecule has 0 aliphatic heterocycles. The highest BCUT2D eigenvalue weighted by Crippen LogP contribution is 2.20. The summed E-state index contributed by atoms with van der Waals surface area (Å²) < 4.78 is 5.20. The van der Waals surface area contributed by atoms with E-state index in [1.807, 2.05) is 32.2 Å². The Bertz CT molecular complexity index is 360. The van der Waals surface area contributed by atoms with Gasteiger partial charge < -0.3 is 15.5 Å². The van der Waals surface area contributed by atoms with E-state index < -0.39 is 0 Å². The number of nitrogens with one attached hydrogen (secondary N) is 2. The van der Waals surface area contributed by atoms with E-state index in [1.165, 1.54) is 12.8 Å². The van der Waals surface area contributed by atoms with Crippen LogP contribution in [0.25, 0.3) is 0 Å². The highest BCUT2D eigenvalue weighted by molar-refractivity contribution is 6.01. The Labute approximate surface area is 111 Å². The number of ether oxygens (including phenoxy) is 1. The molecule has 1 aromatic carbocycles. The first kappa shape index (κ1) is 16.6. The molecule has 0 fully saturated rings. The van der Waals surface area contributed by atoms with E-state index in [9.17, 15) is 0 Å². The maximum Gasteiger partial charge on any atom is 0.122 e. The molecule has 3 heteroatoms. The van der Waals surface area contributed by atoms with Gasteiger partial charge in [-0.1, -0.05) is 38.8 Å². The van der Waals surface area contributed by atoms with E-state index in [0.29, 0.717) is 12.3 Å². The summed E-state index contributed by atoms with van der Waals surface area (Å²) in [6.07, 6.45) is 2.64. The number of unbranched alkanes of at least 4 members (excludes halogenated alkanes) is 1. The van der Waals surface area contributed by atoms with Crippen LogP contribution in [0, 0.1) is 12.3 Å². The van der Waals surface area contributed by atoms with Gasteiger partial charge in [0.1, 0.15) is 5.75 Å². The van der Waals surface area contributed by atoms with Crippen LogP contribution in [0.2, 0.25) is 0 Å². The molecule has 0 atom stereocenters. The van der Waals surface area contributed by atoms with E-state index in [0.717, 1.165) is 16.9 Å². The molecule has 0 saturated carbocycles. The van der Waals surface area contributed by atoms with Gasteiger partial charge in [-0.3, -0.25) is 0 Å². The Balaban J connectivity index is 0.000000631. The van der Waals surface area contributed by atoms with Crippen LogP contribution in [0.4, 0.5) is 0 Å². The van der Waals surface area contributed by atoms with E-state index >= 15 is 0 Å². The van der Waals surface area contributed by atoms with Crippen molar-refractivity contribution in [1.29, 1.82) is 5.41 Å². The van der Waals surface area contributed by atoms with Crippen molar-refractivity contribution < 1.29 is 4.74 Å². The maximum absolute atomic E-state index is 7.82. The largest absolute Gasteiger partial charge is 0.496 e. The second-order valence-corrected chi connectivity index (χ2v) is 4.14. The van der Waals surface area contributed by atoms with Gasteiger partial charge in [0.2, 0.25) is 0 Å². The summed E-state index contributed by atoms with van der Waals surface area (Å²) in [5.74, 6) is 0.836. The van der Waals surface area contributed by atoms with Gasteiger partial charge in [-0.2, -0.15) is 0 Å². The van der Waals surface area contributed by atoms with E-state index in [1.54, 1.807) is 7.11 Å². The lowest BCUT2D eigenvalue weighted by Crippen LogP contribution is -2.19. The predicted octanol–water partition coefficient (Wildman–Crippen LogP) is 3.40. The molecule has 0 aliphatic carbocycles. The van der Waals surface area contributed by atoms with Crippen LogP contribution < -0.4 is 10.1 Å². The van der Waals surface area contributed by atoms with E-state index in [-0.39, 0.29) is 0 Å². The van der Waals surface area contributed by atoms with Gasteiger partial charge >= 0.3 is 0 Å². The zero-order valence-electron chi connectivity index (χ0n) is 12.3. The highest BCUT2D eigenvalue weighted by Gasteiger charge is 2.07. The Morgan fingerprint density at radius 1 is 1.28 bits per heavy atom. The van der Waals surface area contributed by atoms with Crippen LogP contribution in [0.15, 0.2) is 18.2 Å². The third-order valence-electron chi connectivity index (χ3n) is 2.68. The molecule has 0 radical (unpaired) electrons. The summed E-state index contributed by atoms with van der Waals surface area (Å²) in [7, 11) is 3.48. The molecule has 102 valence electrons. The van der Waals surface area contributed by atoms with Crippen LogP contribution >= 0.6 is 0 Å². The van der Waals surface area contributed by atoms with Crippen LogP contribution in [-0.2, 0) is 0 Å². The van der Waals surface area contributed by atoms with Crippen molar-refractivity contribution in [3.8, 4) is 5.75 Å². The van der Waals surface area contributed by atoms with Crippen molar-refractivity contribution in [2.75, 3.05) is 20.7 Å². The van der Waals surface area contributed by atoms with Crippen molar-refractivity contribution in [3.05, 3.63) is 29.3 Å². The fourth-order valence-electron chi connectivity index (χ4n) is 1.43. The van der Waals surface area contributed by atoms with E-state index in [2.05, 4.69) is 19.2 Å². The zero-order chi connectivity index (χ0) is 14.0. The third-order valence-corrected chi connectivity index (χ3v) is 2.68. The van der Waals surface area contributed by atoms with E-state index in [4.69, 9.17) is 10.1 Å². The Morgan fingerprint density at radius 2 is 1.89 bits per heavy atom. The molecule has 0 amide bonds. The summed E-state index contributed by atoms with van der Waals surface area (Å²) in [5.41, 5.74) is 2.55. The Hall–Kier alpha value is -1.35. The average Bonchev–Trinajstić information content (AvgIpc) is 2.39. The summed E-state index contributed by atoms with van der Waals surface area (Å²) in [6, 6.07) is 5.76. The van der Waals surface area contributed by atoms with Crippen molar-refractivity contribution >= 4 is 5.71 Å². The molecule has 0 aliphatic rings. The first-order chi connectivity index (χ1) is 8.62. The number of methoxy groups -OCH3 is 1. The highest BCUT2D eigenvalue weighted by atomic mass is 16.5. The first-order valence-electron chi connectivity index (χ1n) is 6.48. The fourth-order valence-corrected chi connectivity index (χ4v) is 1.43. The lowest BCUT2D eigenvalue weighted by Gasteiger charge is -2.10. The number of rotatable bonds is 5. The average molecular weight is 250 g/mol. The van der Waals surface area contributed by atoms with Crippen LogP contribution in [-0.4, -0.2) is 26.4 Å². The van der Waals surface area contributed by atoms with Gasteiger partial charge in [-0.05, 0) is 20.0 Å². The monoisotopic (exact) mass is 250 g/mol. The van der Waals surface area contributed by atoms with Gasteiger partial charge in [0.15, 0.2) is 0 Å². The molecule has 0 saturated heterocycles. The molecule has 1 aromatic rings. The SMILES string of the molecule is CCCC.CNCC(=N)c1cccc(OC)c1C. The normalized spacial score (nSPS) is 9.39. The lowest BCUT2D eigenvalue weighted by molar-refractivity contribution is 0.411. The van der Waals surface area contributed by atoms with Gasteiger partial charge in [0, 0.05) is 17.7 Å². The minimum Gasteiger partial charge on any atom is -0.496 e. The topological polar surface area (TPSA) is 45.1 Å². The van der Waals surface area contributed by atoms with Crippen LogP contribution in [0.5, 0.6) is 5.75 Å². The van der Waals surface area contributed by atoms with Crippen LogP contribution in [0.1, 0.15) is 37.8 Å². The molecule has 3 nitrogen and oxygen atoms in total. The summed E-state index contributed by atoms with van der Waals surface area (Å²) in [4.78, 5) is 0. The molecule has 1 rings (SSSR count). The van der Waals surface area contributed by atoms with Crippen molar-refractivity contribution in [3.63, 3.8) is 0 Å². The molecule has 0 bridgehead atoms. The molecule has 0 aromatic heterocycles. The molecule has 0 heterocycles. The predicted molar refractivity (Wildman–Crippen MR) is 79.1 cm³/mol. The smallest absolute Gasteiger partial charge is 0.122 e. The fraction of sp³-hybridized carbons (Fsp3) is 0.533. The van der Waals surface area contributed by atoms with Crippen molar-refractivity contribution in [2.45, 2.75) is 33.6 Å². The van der Waals surface area contributed by atoms with Gasteiger partial charge in [0.05, 0.1) is 12.8 Å². The lowest BCUT2D eigenvalue weighted by atomic mass is 10.0. The minimum atomic E-state index is 0.577. The number of hydrogen-bond acceptors (Lipinski definition) is 3. The number of benzene rings is 1. The second-order valence-electron chi connectivity index (χ2n) is 4.14. The van der Waals surface area contributed by atoms with Gasteiger partial charge in [-0.15, -0.1) is 0 Å². The van der Waals surface area contributed by atoms with Crippen molar-refractivity contribution in [2.24, 2.45) is 0 Å². The number of likely N-dealkylation sites (N-methyl/N-ethyl adjacent to an activating group) is 1. The minimum absolute atomic E-state index is 0.577. The van der Waals surface area contributed by atoms with Crippen LogP contribution in [0.3, 0.4) is 0 Å². The summed E-state index contributed by atoms with van der Waals surface area (Å²) in [6.45, 7) is 6.91. The van der Waals surface area contributed by atoms with Gasteiger partial charge in [0.25, 0.3) is 0 Å². The summed E-state index contributed by atoms with van der Waals surface area (Å²) >= 11 is 0. The first-order valence-corrected chi connectivity index (χ1v) is 6.48. The zero-order valence-corrected chi connectivity index (χ0v) is 12.3.